The molecular formula is C20H19FN2O2. The number of rotatable bonds is 2. The van der Waals surface area contributed by atoms with E-state index in [9.17, 15) is 9.18 Å². The SMILES string of the molecule is COc1ccc2c(c1)C1=C(CC2)C(c2ccc(F)cc2)N(C(C)=O)N1. The number of hydrogen-bond acceptors (Lipinski definition) is 3. The zero-order chi connectivity index (χ0) is 17.6. The second-order valence-corrected chi connectivity index (χ2v) is 6.38. The third kappa shape index (κ3) is 2.56. The van der Waals surface area contributed by atoms with Gasteiger partial charge in [0.25, 0.3) is 0 Å². The fraction of sp³-hybridized carbons (Fsp3) is 0.250. The van der Waals surface area contributed by atoms with Crippen LogP contribution in [0.1, 0.15) is 36.1 Å². The molecule has 5 heteroatoms. The second kappa shape index (κ2) is 5.92. The molecule has 1 aliphatic heterocycles. The van der Waals surface area contributed by atoms with Crippen molar-refractivity contribution in [1.82, 2.24) is 10.4 Å². The highest BCUT2D eigenvalue weighted by Gasteiger charge is 2.38. The fourth-order valence-corrected chi connectivity index (χ4v) is 3.70. The third-order valence-corrected chi connectivity index (χ3v) is 4.92. The lowest BCUT2D eigenvalue weighted by Crippen LogP contribution is -2.38. The van der Waals surface area contributed by atoms with Gasteiger partial charge in [-0.15, -0.1) is 0 Å². The number of fused-ring (bicyclic) bond motifs is 2. The molecule has 4 rings (SSSR count). The summed E-state index contributed by atoms with van der Waals surface area (Å²) >= 11 is 0. The summed E-state index contributed by atoms with van der Waals surface area (Å²) in [6.07, 6.45) is 1.76. The van der Waals surface area contributed by atoms with Crippen LogP contribution in [0.5, 0.6) is 5.75 Å². The maximum atomic E-state index is 13.3. The molecule has 2 aromatic carbocycles. The Morgan fingerprint density at radius 2 is 1.96 bits per heavy atom. The number of carbonyl (C=O) groups excluding carboxylic acids is 1. The zero-order valence-electron chi connectivity index (χ0n) is 14.2. The van der Waals surface area contributed by atoms with Gasteiger partial charge in [0.05, 0.1) is 12.8 Å². The van der Waals surface area contributed by atoms with E-state index in [4.69, 9.17) is 4.74 Å². The predicted octanol–water partition coefficient (Wildman–Crippen LogP) is 3.60. The van der Waals surface area contributed by atoms with Gasteiger partial charge in [0, 0.05) is 12.5 Å². The van der Waals surface area contributed by atoms with Crippen LogP contribution in [0, 0.1) is 5.82 Å². The molecule has 1 amide bonds. The summed E-state index contributed by atoms with van der Waals surface area (Å²) in [4.78, 5) is 12.2. The number of ether oxygens (including phenoxy) is 1. The highest BCUT2D eigenvalue weighted by molar-refractivity contribution is 5.82. The molecule has 0 radical (unpaired) electrons. The summed E-state index contributed by atoms with van der Waals surface area (Å²) in [5.41, 5.74) is 8.60. The summed E-state index contributed by atoms with van der Waals surface area (Å²) < 4.78 is 18.7. The van der Waals surface area contributed by atoms with E-state index in [0.29, 0.717) is 0 Å². The topological polar surface area (TPSA) is 41.6 Å². The minimum Gasteiger partial charge on any atom is -0.497 e. The number of halogens is 1. The van der Waals surface area contributed by atoms with Crippen LogP contribution in [0.25, 0.3) is 5.70 Å². The van der Waals surface area contributed by atoms with Crippen LogP contribution in [0.3, 0.4) is 0 Å². The molecule has 0 saturated carbocycles. The van der Waals surface area contributed by atoms with Gasteiger partial charge in [-0.3, -0.25) is 10.2 Å². The molecule has 0 fully saturated rings. The van der Waals surface area contributed by atoms with E-state index in [0.717, 1.165) is 41.0 Å². The summed E-state index contributed by atoms with van der Waals surface area (Å²) in [7, 11) is 1.64. The van der Waals surface area contributed by atoms with Crippen molar-refractivity contribution in [3.05, 3.63) is 70.5 Å². The van der Waals surface area contributed by atoms with Gasteiger partial charge in [-0.1, -0.05) is 18.2 Å². The number of carbonyl (C=O) groups is 1. The summed E-state index contributed by atoms with van der Waals surface area (Å²) in [6, 6.07) is 12.2. The van der Waals surface area contributed by atoms with E-state index in [1.807, 2.05) is 12.1 Å². The molecule has 128 valence electrons. The molecule has 2 aromatic rings. The molecule has 1 N–H and O–H groups in total. The Kier molecular flexibility index (Phi) is 3.71. The van der Waals surface area contributed by atoms with Gasteiger partial charge < -0.3 is 4.74 Å². The van der Waals surface area contributed by atoms with Gasteiger partial charge in [0.1, 0.15) is 17.6 Å². The van der Waals surface area contributed by atoms with Crippen LogP contribution in [0.4, 0.5) is 4.39 Å². The van der Waals surface area contributed by atoms with Crippen molar-refractivity contribution in [3.63, 3.8) is 0 Å². The molecule has 0 bridgehead atoms. The van der Waals surface area contributed by atoms with E-state index in [1.54, 1.807) is 24.3 Å². The maximum Gasteiger partial charge on any atom is 0.238 e. The Bertz CT molecular complexity index is 874. The first-order valence-electron chi connectivity index (χ1n) is 8.30. The van der Waals surface area contributed by atoms with Crippen molar-refractivity contribution in [2.75, 3.05) is 7.11 Å². The highest BCUT2D eigenvalue weighted by atomic mass is 19.1. The smallest absolute Gasteiger partial charge is 0.238 e. The molecule has 1 heterocycles. The second-order valence-electron chi connectivity index (χ2n) is 6.38. The fourth-order valence-electron chi connectivity index (χ4n) is 3.70. The van der Waals surface area contributed by atoms with Crippen LogP contribution >= 0.6 is 0 Å². The Morgan fingerprint density at radius 1 is 1.20 bits per heavy atom. The van der Waals surface area contributed by atoms with Crippen LogP contribution in [0.2, 0.25) is 0 Å². The molecular weight excluding hydrogens is 319 g/mol. The summed E-state index contributed by atoms with van der Waals surface area (Å²) in [5.74, 6) is 0.430. The molecule has 25 heavy (non-hydrogen) atoms. The first-order valence-corrected chi connectivity index (χ1v) is 8.30. The van der Waals surface area contributed by atoms with Gasteiger partial charge in [-0.25, -0.2) is 9.40 Å². The number of nitrogens with one attached hydrogen (secondary N) is 1. The summed E-state index contributed by atoms with van der Waals surface area (Å²) in [6.45, 7) is 1.54. The van der Waals surface area contributed by atoms with Crippen LogP contribution in [-0.2, 0) is 11.2 Å². The quantitative estimate of drug-likeness (QED) is 0.910. The Hall–Kier alpha value is -2.82. The van der Waals surface area contributed by atoms with E-state index < -0.39 is 0 Å². The van der Waals surface area contributed by atoms with Crippen molar-refractivity contribution >= 4 is 11.6 Å². The normalized spacial score (nSPS) is 18.5. The van der Waals surface area contributed by atoms with Gasteiger partial charge in [-0.05, 0) is 53.8 Å². The number of aryl methyl sites for hydroxylation is 1. The Balaban J connectivity index is 1.84. The average Bonchev–Trinajstić information content (AvgIpc) is 3.02. The molecule has 1 unspecified atom stereocenters. The lowest BCUT2D eigenvalue weighted by atomic mass is 9.85. The molecule has 1 atom stereocenters. The molecule has 0 saturated heterocycles. The standard InChI is InChI=1S/C20H19FN2O2/c1-12(24)23-20(14-3-7-15(21)8-4-14)17-10-6-13-5-9-16(25-2)11-18(13)19(17)22-23/h3-5,7-9,11,20,22H,6,10H2,1-2H3. The Labute approximate surface area is 145 Å². The van der Waals surface area contributed by atoms with E-state index >= 15 is 0 Å². The summed E-state index contributed by atoms with van der Waals surface area (Å²) in [5, 5.41) is 1.63. The number of methoxy groups -OCH3 is 1. The maximum absolute atomic E-state index is 13.3. The van der Waals surface area contributed by atoms with Crippen molar-refractivity contribution in [3.8, 4) is 5.75 Å². The molecule has 4 nitrogen and oxygen atoms in total. The van der Waals surface area contributed by atoms with E-state index in [1.165, 1.54) is 24.6 Å². The lowest BCUT2D eigenvalue weighted by molar-refractivity contribution is -0.132. The van der Waals surface area contributed by atoms with Crippen molar-refractivity contribution in [2.45, 2.75) is 25.8 Å². The monoisotopic (exact) mass is 338 g/mol. The zero-order valence-corrected chi connectivity index (χ0v) is 14.2. The lowest BCUT2D eigenvalue weighted by Gasteiger charge is -2.25. The van der Waals surface area contributed by atoms with Gasteiger partial charge in [-0.2, -0.15) is 0 Å². The van der Waals surface area contributed by atoms with Crippen molar-refractivity contribution in [2.24, 2.45) is 0 Å². The number of nitrogens with zero attached hydrogens (tertiary/aromatic N) is 1. The first kappa shape index (κ1) is 15.7. The number of amides is 1. The minimum atomic E-state index is -0.281. The van der Waals surface area contributed by atoms with Crippen molar-refractivity contribution in [1.29, 1.82) is 0 Å². The molecule has 0 spiro atoms. The Morgan fingerprint density at radius 3 is 2.64 bits per heavy atom. The van der Waals surface area contributed by atoms with Gasteiger partial charge >= 0.3 is 0 Å². The number of hydrogen-bond donors (Lipinski definition) is 1. The largest absolute Gasteiger partial charge is 0.497 e. The van der Waals surface area contributed by atoms with Crippen LogP contribution in [0.15, 0.2) is 48.0 Å². The van der Waals surface area contributed by atoms with E-state index in [2.05, 4.69) is 11.5 Å². The van der Waals surface area contributed by atoms with Gasteiger partial charge in [0.2, 0.25) is 5.91 Å². The number of benzene rings is 2. The van der Waals surface area contributed by atoms with Crippen LogP contribution < -0.4 is 10.2 Å². The van der Waals surface area contributed by atoms with Gasteiger partial charge in [0.15, 0.2) is 0 Å². The first-order chi connectivity index (χ1) is 12.1. The molecule has 0 aromatic heterocycles. The third-order valence-electron chi connectivity index (χ3n) is 4.92. The van der Waals surface area contributed by atoms with Crippen LogP contribution in [-0.4, -0.2) is 18.0 Å². The minimum absolute atomic E-state index is 0.0758. The predicted molar refractivity (Wildman–Crippen MR) is 93.0 cm³/mol. The van der Waals surface area contributed by atoms with E-state index in [-0.39, 0.29) is 17.8 Å². The average molecular weight is 338 g/mol. The molecule has 1 aliphatic carbocycles. The molecule has 2 aliphatic rings. The number of hydrazine groups is 1. The highest BCUT2D eigenvalue weighted by Crippen LogP contribution is 2.44. The van der Waals surface area contributed by atoms with Crippen molar-refractivity contribution < 1.29 is 13.9 Å².